The molecule has 1 fully saturated rings. The molecule has 6 heteroatoms. The minimum Gasteiger partial charge on any atom is -0.485 e. The van der Waals surface area contributed by atoms with Gasteiger partial charge in [-0.05, 0) is 38.1 Å². The SMILES string of the molecule is CCN1CCCC(Oc2c(C#N)ncc3[nH]c4ncccc4c23)C1. The lowest BCUT2D eigenvalue weighted by Gasteiger charge is -2.32. The molecule has 1 unspecified atom stereocenters. The van der Waals surface area contributed by atoms with Crippen LogP contribution >= 0.6 is 0 Å². The third-order valence-corrected chi connectivity index (χ3v) is 4.66. The molecule has 1 N–H and O–H groups in total. The molecule has 0 spiro atoms. The van der Waals surface area contributed by atoms with Crippen LogP contribution in [0, 0.1) is 11.3 Å². The number of pyridine rings is 2. The van der Waals surface area contributed by atoms with Crippen LogP contribution < -0.4 is 4.74 Å². The summed E-state index contributed by atoms with van der Waals surface area (Å²) in [7, 11) is 0. The Labute approximate surface area is 140 Å². The van der Waals surface area contributed by atoms with Crippen molar-refractivity contribution < 1.29 is 4.74 Å². The van der Waals surface area contributed by atoms with E-state index in [0.717, 1.165) is 54.4 Å². The molecule has 24 heavy (non-hydrogen) atoms. The Hall–Kier alpha value is -2.65. The Balaban J connectivity index is 1.82. The van der Waals surface area contributed by atoms with Gasteiger partial charge in [0.2, 0.25) is 0 Å². The predicted octanol–water partition coefficient (Wildman–Crippen LogP) is 2.85. The van der Waals surface area contributed by atoms with E-state index in [0.29, 0.717) is 11.4 Å². The first-order chi connectivity index (χ1) is 11.8. The van der Waals surface area contributed by atoms with Crippen LogP contribution in [0.1, 0.15) is 25.5 Å². The molecular formula is C18H19N5O. The molecule has 1 aliphatic heterocycles. The van der Waals surface area contributed by atoms with E-state index in [1.165, 1.54) is 0 Å². The summed E-state index contributed by atoms with van der Waals surface area (Å²) in [6.07, 6.45) is 5.62. The molecule has 4 heterocycles. The average molecular weight is 321 g/mol. The second-order valence-corrected chi connectivity index (χ2v) is 6.14. The number of piperidine rings is 1. The van der Waals surface area contributed by atoms with Crippen LogP contribution in [0.25, 0.3) is 21.9 Å². The van der Waals surface area contributed by atoms with Gasteiger partial charge in [0, 0.05) is 18.1 Å². The molecule has 0 bridgehead atoms. The first kappa shape index (κ1) is 14.9. The van der Waals surface area contributed by atoms with Crippen LogP contribution in [-0.4, -0.2) is 45.6 Å². The van der Waals surface area contributed by atoms with Gasteiger partial charge in [0.1, 0.15) is 17.8 Å². The summed E-state index contributed by atoms with van der Waals surface area (Å²) in [4.78, 5) is 14.3. The highest BCUT2D eigenvalue weighted by Gasteiger charge is 2.24. The maximum absolute atomic E-state index is 9.49. The monoisotopic (exact) mass is 321 g/mol. The van der Waals surface area contributed by atoms with Crippen molar-refractivity contribution in [2.24, 2.45) is 0 Å². The van der Waals surface area contributed by atoms with Gasteiger partial charge in [-0.25, -0.2) is 9.97 Å². The lowest BCUT2D eigenvalue weighted by Crippen LogP contribution is -2.41. The van der Waals surface area contributed by atoms with Crippen LogP contribution in [0.2, 0.25) is 0 Å². The molecule has 0 aliphatic carbocycles. The maximum atomic E-state index is 9.49. The van der Waals surface area contributed by atoms with Crippen LogP contribution in [0.15, 0.2) is 24.5 Å². The summed E-state index contributed by atoms with van der Waals surface area (Å²) in [5.74, 6) is 0.581. The van der Waals surface area contributed by atoms with E-state index in [-0.39, 0.29) is 6.10 Å². The Kier molecular flexibility index (Phi) is 3.79. The van der Waals surface area contributed by atoms with Crippen LogP contribution in [0.3, 0.4) is 0 Å². The predicted molar refractivity (Wildman–Crippen MR) is 91.9 cm³/mol. The average Bonchev–Trinajstić information content (AvgIpc) is 3.01. The normalized spacial score (nSPS) is 18.8. The van der Waals surface area contributed by atoms with Gasteiger partial charge in [-0.2, -0.15) is 5.26 Å². The summed E-state index contributed by atoms with van der Waals surface area (Å²) in [6.45, 7) is 5.18. The van der Waals surface area contributed by atoms with E-state index in [4.69, 9.17) is 4.74 Å². The molecule has 0 saturated carbocycles. The number of hydrogen-bond acceptors (Lipinski definition) is 5. The van der Waals surface area contributed by atoms with Crippen molar-refractivity contribution in [3.05, 3.63) is 30.2 Å². The lowest BCUT2D eigenvalue weighted by atomic mass is 10.1. The van der Waals surface area contributed by atoms with Gasteiger partial charge in [-0.1, -0.05) is 6.92 Å². The van der Waals surface area contributed by atoms with Gasteiger partial charge in [-0.3, -0.25) is 4.90 Å². The van der Waals surface area contributed by atoms with E-state index in [9.17, 15) is 5.26 Å². The van der Waals surface area contributed by atoms with Crippen molar-refractivity contribution in [1.29, 1.82) is 5.26 Å². The largest absolute Gasteiger partial charge is 0.485 e. The fraction of sp³-hybridized carbons (Fsp3) is 0.389. The van der Waals surface area contributed by atoms with Crippen molar-refractivity contribution in [3.8, 4) is 11.8 Å². The lowest BCUT2D eigenvalue weighted by molar-refractivity contribution is 0.0927. The number of aromatic amines is 1. The quantitative estimate of drug-likeness (QED) is 0.802. The van der Waals surface area contributed by atoms with Crippen molar-refractivity contribution in [3.63, 3.8) is 0 Å². The highest BCUT2D eigenvalue weighted by atomic mass is 16.5. The van der Waals surface area contributed by atoms with Crippen molar-refractivity contribution in [2.75, 3.05) is 19.6 Å². The first-order valence-electron chi connectivity index (χ1n) is 8.34. The number of rotatable bonds is 3. The zero-order valence-corrected chi connectivity index (χ0v) is 13.6. The van der Waals surface area contributed by atoms with Gasteiger partial charge in [0.25, 0.3) is 0 Å². The van der Waals surface area contributed by atoms with E-state index >= 15 is 0 Å². The fourth-order valence-corrected chi connectivity index (χ4v) is 3.45. The summed E-state index contributed by atoms with van der Waals surface area (Å²) >= 11 is 0. The van der Waals surface area contributed by atoms with Crippen LogP contribution in [-0.2, 0) is 0 Å². The number of likely N-dealkylation sites (tertiary alicyclic amines) is 1. The number of aromatic nitrogens is 3. The maximum Gasteiger partial charge on any atom is 0.183 e. The van der Waals surface area contributed by atoms with Crippen LogP contribution in [0.4, 0.5) is 0 Å². The zero-order chi connectivity index (χ0) is 16.5. The third kappa shape index (κ3) is 2.47. The number of hydrogen-bond donors (Lipinski definition) is 1. The number of likely N-dealkylation sites (N-methyl/N-ethyl adjacent to an activating group) is 1. The third-order valence-electron chi connectivity index (χ3n) is 4.66. The van der Waals surface area contributed by atoms with Crippen molar-refractivity contribution >= 4 is 21.9 Å². The van der Waals surface area contributed by atoms with E-state index in [2.05, 4.69) is 32.8 Å². The second kappa shape index (κ2) is 6.10. The molecule has 6 nitrogen and oxygen atoms in total. The first-order valence-corrected chi connectivity index (χ1v) is 8.34. The Morgan fingerprint density at radius 3 is 3.21 bits per heavy atom. The molecule has 4 rings (SSSR count). The Bertz CT molecular complexity index is 926. The van der Waals surface area contributed by atoms with Crippen LogP contribution in [0.5, 0.6) is 5.75 Å². The molecule has 3 aromatic heterocycles. The molecule has 3 aromatic rings. The fourth-order valence-electron chi connectivity index (χ4n) is 3.45. The highest BCUT2D eigenvalue weighted by molar-refractivity contribution is 6.09. The Morgan fingerprint density at radius 1 is 1.46 bits per heavy atom. The summed E-state index contributed by atoms with van der Waals surface area (Å²) < 4.78 is 6.31. The van der Waals surface area contributed by atoms with Gasteiger partial charge >= 0.3 is 0 Å². The molecule has 122 valence electrons. The van der Waals surface area contributed by atoms with Gasteiger partial charge in [-0.15, -0.1) is 0 Å². The Morgan fingerprint density at radius 2 is 2.38 bits per heavy atom. The van der Waals surface area contributed by atoms with E-state index in [1.54, 1.807) is 12.4 Å². The molecule has 1 aliphatic rings. The minimum absolute atomic E-state index is 0.0832. The molecular weight excluding hydrogens is 302 g/mol. The molecule has 0 amide bonds. The molecule has 1 atom stereocenters. The van der Waals surface area contributed by atoms with Gasteiger partial charge in [0.05, 0.1) is 17.1 Å². The summed E-state index contributed by atoms with van der Waals surface area (Å²) in [5.41, 5.74) is 1.97. The minimum atomic E-state index is 0.0832. The summed E-state index contributed by atoms with van der Waals surface area (Å²) in [6, 6.07) is 6.06. The van der Waals surface area contributed by atoms with E-state index in [1.807, 2.05) is 12.1 Å². The standard InChI is InChI=1S/C18H19N5O/c1-2-23-8-4-5-12(11-23)24-17-14(9-19)21-10-15-16(17)13-6-3-7-20-18(13)22-15/h3,6-7,10,12H,2,4-5,8,11H2,1H3,(H,20,22). The number of fused-ring (bicyclic) bond motifs is 3. The zero-order valence-electron chi connectivity index (χ0n) is 13.6. The smallest absolute Gasteiger partial charge is 0.183 e. The van der Waals surface area contributed by atoms with E-state index < -0.39 is 0 Å². The molecule has 1 saturated heterocycles. The van der Waals surface area contributed by atoms with Crippen molar-refractivity contribution in [2.45, 2.75) is 25.9 Å². The van der Waals surface area contributed by atoms with Gasteiger partial charge < -0.3 is 9.72 Å². The van der Waals surface area contributed by atoms with Crippen molar-refractivity contribution in [1.82, 2.24) is 19.9 Å². The number of nitriles is 1. The summed E-state index contributed by atoms with van der Waals surface area (Å²) in [5, 5.41) is 11.4. The number of ether oxygens (including phenoxy) is 1. The molecule has 0 radical (unpaired) electrons. The number of nitrogens with one attached hydrogen (secondary N) is 1. The topological polar surface area (TPSA) is 77.8 Å². The molecule has 0 aromatic carbocycles. The number of H-pyrrole nitrogens is 1. The second-order valence-electron chi connectivity index (χ2n) is 6.14. The highest BCUT2D eigenvalue weighted by Crippen LogP contribution is 2.35. The van der Waals surface area contributed by atoms with Gasteiger partial charge in [0.15, 0.2) is 11.4 Å². The number of nitrogens with zero attached hydrogens (tertiary/aromatic N) is 4.